The van der Waals surface area contributed by atoms with Crippen LogP contribution in [-0.2, 0) is 4.79 Å². The first-order chi connectivity index (χ1) is 16.5. The Morgan fingerprint density at radius 3 is 2.32 bits per heavy atom. The molecule has 3 aromatic carbocycles. The van der Waals surface area contributed by atoms with E-state index in [4.69, 9.17) is 4.74 Å². The Morgan fingerprint density at radius 1 is 0.941 bits per heavy atom. The van der Waals surface area contributed by atoms with Crippen LogP contribution in [0.4, 0.5) is 11.4 Å². The number of aryl methyl sites for hydroxylation is 1. The number of aromatic nitrogens is 4. The van der Waals surface area contributed by atoms with Crippen molar-refractivity contribution in [2.24, 2.45) is 0 Å². The zero-order valence-corrected chi connectivity index (χ0v) is 19.4. The monoisotopic (exact) mass is 474 g/mol. The summed E-state index contributed by atoms with van der Waals surface area (Å²) in [5.41, 5.74) is 3.61. The van der Waals surface area contributed by atoms with Crippen molar-refractivity contribution in [2.45, 2.75) is 12.1 Å². The van der Waals surface area contributed by atoms with E-state index in [0.717, 1.165) is 11.3 Å². The van der Waals surface area contributed by atoms with Crippen molar-refractivity contribution in [3.05, 3.63) is 83.9 Å². The molecule has 0 bridgehead atoms. The van der Waals surface area contributed by atoms with Crippen molar-refractivity contribution in [1.82, 2.24) is 20.2 Å². The fourth-order valence-corrected chi connectivity index (χ4v) is 3.81. The topological polar surface area (TPSA) is 111 Å². The van der Waals surface area contributed by atoms with Crippen molar-refractivity contribution in [3.63, 3.8) is 0 Å². The predicted octanol–water partition coefficient (Wildman–Crippen LogP) is 3.96. The first-order valence-corrected chi connectivity index (χ1v) is 11.3. The van der Waals surface area contributed by atoms with Crippen LogP contribution in [0.1, 0.15) is 15.9 Å². The van der Waals surface area contributed by atoms with Gasteiger partial charge in [0, 0.05) is 16.9 Å². The van der Waals surface area contributed by atoms with E-state index in [1.807, 2.05) is 31.2 Å². The van der Waals surface area contributed by atoms with Gasteiger partial charge < -0.3 is 15.4 Å². The Hall–Kier alpha value is -4.18. The summed E-state index contributed by atoms with van der Waals surface area (Å²) in [4.78, 5) is 24.9. The van der Waals surface area contributed by atoms with E-state index in [1.54, 1.807) is 60.3 Å². The number of anilines is 2. The molecule has 9 nitrogen and oxygen atoms in total. The summed E-state index contributed by atoms with van der Waals surface area (Å²) in [6.07, 6.45) is 0. The largest absolute Gasteiger partial charge is 0.497 e. The molecule has 2 N–H and O–H groups in total. The molecule has 0 aliphatic rings. The molecule has 2 amide bonds. The van der Waals surface area contributed by atoms with Gasteiger partial charge in [-0.05, 0) is 77.5 Å². The third kappa shape index (κ3) is 5.59. The van der Waals surface area contributed by atoms with Crippen molar-refractivity contribution < 1.29 is 14.3 Å². The van der Waals surface area contributed by atoms with Crippen LogP contribution < -0.4 is 15.4 Å². The van der Waals surface area contributed by atoms with Gasteiger partial charge in [0.25, 0.3) is 5.91 Å². The number of benzene rings is 3. The number of nitrogens with one attached hydrogen (secondary N) is 2. The van der Waals surface area contributed by atoms with Crippen LogP contribution in [0.3, 0.4) is 0 Å². The average molecular weight is 475 g/mol. The molecule has 0 aliphatic carbocycles. The highest BCUT2D eigenvalue weighted by atomic mass is 32.2. The molecule has 0 spiro atoms. The number of para-hydroxylation sites is 1. The molecular weight excluding hydrogens is 452 g/mol. The maximum Gasteiger partial charge on any atom is 0.255 e. The molecular formula is C24H22N6O3S. The third-order valence-corrected chi connectivity index (χ3v) is 5.81. The first-order valence-electron chi connectivity index (χ1n) is 10.4. The Labute approximate surface area is 200 Å². The molecule has 4 aromatic rings. The Kier molecular flexibility index (Phi) is 7.19. The fourth-order valence-electron chi connectivity index (χ4n) is 3.13. The molecule has 4 rings (SSSR count). The number of tetrazole rings is 1. The van der Waals surface area contributed by atoms with Gasteiger partial charge in [-0.3, -0.25) is 9.59 Å². The van der Waals surface area contributed by atoms with Gasteiger partial charge in [-0.2, -0.15) is 4.68 Å². The van der Waals surface area contributed by atoms with E-state index in [1.165, 1.54) is 11.8 Å². The molecule has 172 valence electrons. The second-order valence-corrected chi connectivity index (χ2v) is 8.20. The zero-order chi connectivity index (χ0) is 23.9. The highest BCUT2D eigenvalue weighted by Crippen LogP contribution is 2.21. The first kappa shape index (κ1) is 23.0. The summed E-state index contributed by atoms with van der Waals surface area (Å²) in [7, 11) is 1.58. The van der Waals surface area contributed by atoms with E-state index in [0.29, 0.717) is 27.8 Å². The Balaban J connectivity index is 1.32. The zero-order valence-electron chi connectivity index (χ0n) is 18.6. The average Bonchev–Trinajstić information content (AvgIpc) is 3.32. The van der Waals surface area contributed by atoms with Gasteiger partial charge in [0.2, 0.25) is 11.1 Å². The fraction of sp³-hybridized carbons (Fsp3) is 0.125. The number of thioether (sulfide) groups is 1. The number of carbonyl (C=O) groups is 2. The quantitative estimate of drug-likeness (QED) is 0.372. The summed E-state index contributed by atoms with van der Waals surface area (Å²) >= 11 is 1.24. The maximum atomic E-state index is 12.5. The predicted molar refractivity (Wildman–Crippen MR) is 131 cm³/mol. The van der Waals surface area contributed by atoms with Crippen molar-refractivity contribution in [1.29, 1.82) is 0 Å². The lowest BCUT2D eigenvalue weighted by Gasteiger charge is -2.09. The summed E-state index contributed by atoms with van der Waals surface area (Å²) < 4.78 is 6.73. The summed E-state index contributed by atoms with van der Waals surface area (Å²) in [5.74, 6) is 0.385. The second-order valence-electron chi connectivity index (χ2n) is 7.26. The van der Waals surface area contributed by atoms with Gasteiger partial charge in [-0.1, -0.05) is 30.0 Å². The minimum Gasteiger partial charge on any atom is -0.497 e. The lowest BCUT2D eigenvalue weighted by molar-refractivity contribution is -0.113. The summed E-state index contributed by atoms with van der Waals surface area (Å²) in [6, 6.07) is 21.5. The molecule has 0 radical (unpaired) electrons. The van der Waals surface area contributed by atoms with Gasteiger partial charge >= 0.3 is 0 Å². The maximum absolute atomic E-state index is 12.5. The normalized spacial score (nSPS) is 10.5. The van der Waals surface area contributed by atoms with Gasteiger partial charge in [0.15, 0.2) is 0 Å². The van der Waals surface area contributed by atoms with Gasteiger partial charge in [-0.25, -0.2) is 0 Å². The number of methoxy groups -OCH3 is 1. The van der Waals surface area contributed by atoms with Gasteiger partial charge in [-0.15, -0.1) is 5.10 Å². The van der Waals surface area contributed by atoms with Crippen LogP contribution in [0.25, 0.3) is 5.69 Å². The Morgan fingerprint density at radius 2 is 1.62 bits per heavy atom. The highest BCUT2D eigenvalue weighted by Gasteiger charge is 2.13. The molecule has 0 atom stereocenters. The molecule has 1 aromatic heterocycles. The molecule has 34 heavy (non-hydrogen) atoms. The third-order valence-electron chi connectivity index (χ3n) is 4.90. The number of ether oxygens (including phenoxy) is 1. The molecule has 0 saturated heterocycles. The molecule has 1 heterocycles. The van der Waals surface area contributed by atoms with Crippen LogP contribution in [0.15, 0.2) is 78.0 Å². The number of rotatable bonds is 8. The lowest BCUT2D eigenvalue weighted by Crippen LogP contribution is -2.15. The number of carbonyl (C=O) groups excluding carboxylic acids is 2. The van der Waals surface area contributed by atoms with Gasteiger partial charge in [0.1, 0.15) is 5.75 Å². The smallest absolute Gasteiger partial charge is 0.255 e. The van der Waals surface area contributed by atoms with Crippen LogP contribution >= 0.6 is 11.8 Å². The number of hydrogen-bond acceptors (Lipinski definition) is 7. The molecule has 0 saturated carbocycles. The van der Waals surface area contributed by atoms with E-state index in [-0.39, 0.29) is 17.6 Å². The Bertz CT molecular complexity index is 1290. The van der Waals surface area contributed by atoms with E-state index in [2.05, 4.69) is 26.2 Å². The van der Waals surface area contributed by atoms with Gasteiger partial charge in [0.05, 0.1) is 18.6 Å². The molecule has 0 fully saturated rings. The standard InChI is InChI=1S/C24H22N6O3S/c1-16-5-3-4-6-21(16)30-24(27-28-29-30)34-15-22(31)25-18-9-7-17(8-10-18)23(32)26-19-11-13-20(33-2)14-12-19/h3-14H,15H2,1-2H3,(H,25,31)(H,26,32). The summed E-state index contributed by atoms with van der Waals surface area (Å²) in [5, 5.41) is 18.0. The minimum absolute atomic E-state index is 0.131. The number of nitrogens with zero attached hydrogens (tertiary/aromatic N) is 4. The molecule has 0 unspecified atom stereocenters. The minimum atomic E-state index is -0.248. The van der Waals surface area contributed by atoms with Crippen molar-refractivity contribution in [3.8, 4) is 11.4 Å². The lowest BCUT2D eigenvalue weighted by atomic mass is 10.2. The second kappa shape index (κ2) is 10.6. The van der Waals surface area contributed by atoms with Crippen molar-refractivity contribution >= 4 is 35.0 Å². The number of hydrogen-bond donors (Lipinski definition) is 2. The van der Waals surface area contributed by atoms with E-state index < -0.39 is 0 Å². The van der Waals surface area contributed by atoms with Crippen LogP contribution in [0.5, 0.6) is 5.75 Å². The number of amides is 2. The highest BCUT2D eigenvalue weighted by molar-refractivity contribution is 7.99. The summed E-state index contributed by atoms with van der Waals surface area (Å²) in [6.45, 7) is 1.97. The van der Waals surface area contributed by atoms with E-state index >= 15 is 0 Å². The van der Waals surface area contributed by atoms with E-state index in [9.17, 15) is 9.59 Å². The van der Waals surface area contributed by atoms with Crippen LogP contribution in [0.2, 0.25) is 0 Å². The van der Waals surface area contributed by atoms with Crippen LogP contribution in [-0.4, -0.2) is 44.9 Å². The molecule has 10 heteroatoms. The van der Waals surface area contributed by atoms with Crippen molar-refractivity contribution in [2.75, 3.05) is 23.5 Å². The molecule has 0 aliphatic heterocycles. The SMILES string of the molecule is COc1ccc(NC(=O)c2ccc(NC(=O)CSc3nnnn3-c3ccccc3C)cc2)cc1. The van der Waals surface area contributed by atoms with Crippen LogP contribution in [0, 0.1) is 6.92 Å².